The average molecular weight is 221 g/mol. The molecule has 3 nitrogen and oxygen atoms in total. The van der Waals surface area contributed by atoms with E-state index in [0.29, 0.717) is 6.54 Å². The fourth-order valence-corrected chi connectivity index (χ4v) is 1.38. The zero-order valence-corrected chi connectivity index (χ0v) is 9.56. The van der Waals surface area contributed by atoms with Crippen molar-refractivity contribution in [2.75, 3.05) is 19.8 Å². The molecule has 0 atom stereocenters. The zero-order chi connectivity index (χ0) is 11.8. The number of aliphatic hydroxyl groups excluding tert-OH is 2. The summed E-state index contributed by atoms with van der Waals surface area (Å²) in [4.78, 5) is 0. The quantitative estimate of drug-likeness (QED) is 0.672. The first kappa shape index (κ1) is 12.9. The first-order valence-corrected chi connectivity index (χ1v) is 5.43. The SMILES string of the molecule is C/C(=C/c1ccccc1)CNC(CO)CO. The van der Waals surface area contributed by atoms with Crippen molar-refractivity contribution >= 4 is 6.08 Å². The molecule has 0 amide bonds. The van der Waals surface area contributed by atoms with E-state index in [9.17, 15) is 0 Å². The first-order chi connectivity index (χ1) is 7.76. The zero-order valence-electron chi connectivity index (χ0n) is 9.56. The van der Waals surface area contributed by atoms with E-state index >= 15 is 0 Å². The second kappa shape index (κ2) is 7.17. The van der Waals surface area contributed by atoms with Gasteiger partial charge in [0.25, 0.3) is 0 Å². The van der Waals surface area contributed by atoms with Crippen LogP contribution in [0.3, 0.4) is 0 Å². The Morgan fingerprint density at radius 2 is 1.88 bits per heavy atom. The molecular formula is C13H19NO2. The molecule has 0 unspecified atom stereocenters. The Hall–Kier alpha value is -1.16. The molecule has 3 N–H and O–H groups in total. The van der Waals surface area contributed by atoms with Crippen molar-refractivity contribution in [1.29, 1.82) is 0 Å². The minimum atomic E-state index is -0.237. The second-order valence-electron chi connectivity index (χ2n) is 3.84. The molecule has 1 aromatic carbocycles. The largest absolute Gasteiger partial charge is 0.395 e. The van der Waals surface area contributed by atoms with Crippen LogP contribution in [0.1, 0.15) is 12.5 Å². The van der Waals surface area contributed by atoms with Gasteiger partial charge in [0.1, 0.15) is 0 Å². The molecule has 1 aromatic rings. The van der Waals surface area contributed by atoms with Gasteiger partial charge < -0.3 is 15.5 Å². The van der Waals surface area contributed by atoms with Crippen LogP contribution in [0.15, 0.2) is 35.9 Å². The van der Waals surface area contributed by atoms with Gasteiger partial charge in [-0.15, -0.1) is 0 Å². The molecule has 0 aromatic heterocycles. The molecule has 0 heterocycles. The summed E-state index contributed by atoms with van der Waals surface area (Å²) in [6.45, 7) is 2.59. The minimum absolute atomic E-state index is 0.0465. The van der Waals surface area contributed by atoms with Crippen LogP contribution in [-0.4, -0.2) is 36.0 Å². The summed E-state index contributed by atoms with van der Waals surface area (Å²) in [5, 5.41) is 20.8. The van der Waals surface area contributed by atoms with E-state index in [-0.39, 0.29) is 19.3 Å². The van der Waals surface area contributed by atoms with Gasteiger partial charge in [-0.1, -0.05) is 42.0 Å². The molecule has 0 aliphatic rings. The number of nitrogens with one attached hydrogen (secondary N) is 1. The van der Waals surface area contributed by atoms with Crippen LogP contribution in [0, 0.1) is 0 Å². The Balaban J connectivity index is 2.46. The van der Waals surface area contributed by atoms with Gasteiger partial charge in [0.2, 0.25) is 0 Å². The molecule has 0 bridgehead atoms. The summed E-state index contributed by atoms with van der Waals surface area (Å²) in [7, 11) is 0. The molecule has 0 aliphatic carbocycles. The van der Waals surface area contributed by atoms with Gasteiger partial charge in [-0.3, -0.25) is 0 Å². The third-order valence-corrected chi connectivity index (χ3v) is 2.32. The molecule has 0 saturated heterocycles. The van der Waals surface area contributed by atoms with E-state index < -0.39 is 0 Å². The third kappa shape index (κ3) is 4.57. The molecule has 88 valence electrons. The van der Waals surface area contributed by atoms with Crippen molar-refractivity contribution in [2.45, 2.75) is 13.0 Å². The van der Waals surface area contributed by atoms with Crippen LogP contribution < -0.4 is 5.32 Å². The van der Waals surface area contributed by atoms with Gasteiger partial charge >= 0.3 is 0 Å². The van der Waals surface area contributed by atoms with E-state index in [1.807, 2.05) is 37.3 Å². The van der Waals surface area contributed by atoms with E-state index in [1.165, 1.54) is 0 Å². The molecule has 0 aliphatic heterocycles. The summed E-state index contributed by atoms with van der Waals surface area (Å²) in [6, 6.07) is 9.82. The Morgan fingerprint density at radius 3 is 2.44 bits per heavy atom. The molecule has 0 spiro atoms. The summed E-state index contributed by atoms with van der Waals surface area (Å²) >= 11 is 0. The van der Waals surface area contributed by atoms with Gasteiger partial charge in [0, 0.05) is 6.54 Å². The molecular weight excluding hydrogens is 202 g/mol. The lowest BCUT2D eigenvalue weighted by Gasteiger charge is -2.13. The van der Waals surface area contributed by atoms with Crippen molar-refractivity contribution in [3.05, 3.63) is 41.5 Å². The van der Waals surface area contributed by atoms with Crippen LogP contribution in [0.4, 0.5) is 0 Å². The fraction of sp³-hybridized carbons (Fsp3) is 0.385. The normalized spacial score (nSPS) is 12.1. The Kier molecular flexibility index (Phi) is 5.78. The Labute approximate surface area is 96.4 Å². The minimum Gasteiger partial charge on any atom is -0.395 e. The fourth-order valence-electron chi connectivity index (χ4n) is 1.38. The van der Waals surface area contributed by atoms with Crippen LogP contribution in [0.2, 0.25) is 0 Å². The van der Waals surface area contributed by atoms with Crippen molar-refractivity contribution in [2.24, 2.45) is 0 Å². The highest BCUT2D eigenvalue weighted by atomic mass is 16.3. The lowest BCUT2D eigenvalue weighted by atomic mass is 10.1. The monoisotopic (exact) mass is 221 g/mol. The van der Waals surface area contributed by atoms with Gasteiger partial charge in [-0.2, -0.15) is 0 Å². The van der Waals surface area contributed by atoms with Crippen LogP contribution in [0.5, 0.6) is 0 Å². The standard InChI is InChI=1S/C13H19NO2/c1-11(8-14-13(9-15)10-16)7-12-5-3-2-4-6-12/h2-7,13-16H,8-10H2,1H3/b11-7-. The predicted molar refractivity (Wildman–Crippen MR) is 66.1 cm³/mol. The number of rotatable bonds is 6. The lowest BCUT2D eigenvalue weighted by Crippen LogP contribution is -2.36. The van der Waals surface area contributed by atoms with E-state index in [4.69, 9.17) is 10.2 Å². The molecule has 0 saturated carbocycles. The maximum Gasteiger partial charge on any atom is 0.0607 e. The maximum absolute atomic E-state index is 8.89. The summed E-state index contributed by atoms with van der Waals surface area (Å²) in [5.41, 5.74) is 2.32. The van der Waals surface area contributed by atoms with Crippen LogP contribution in [-0.2, 0) is 0 Å². The van der Waals surface area contributed by atoms with Crippen molar-refractivity contribution in [3.63, 3.8) is 0 Å². The van der Waals surface area contributed by atoms with Crippen molar-refractivity contribution < 1.29 is 10.2 Å². The average Bonchev–Trinajstić information content (AvgIpc) is 2.31. The van der Waals surface area contributed by atoms with Gasteiger partial charge in [-0.05, 0) is 12.5 Å². The van der Waals surface area contributed by atoms with E-state index in [2.05, 4.69) is 11.4 Å². The molecule has 16 heavy (non-hydrogen) atoms. The smallest absolute Gasteiger partial charge is 0.0607 e. The summed E-state index contributed by atoms with van der Waals surface area (Å²) < 4.78 is 0. The highest BCUT2D eigenvalue weighted by molar-refractivity contribution is 5.52. The van der Waals surface area contributed by atoms with Gasteiger partial charge in [0.15, 0.2) is 0 Å². The highest BCUT2D eigenvalue weighted by Gasteiger charge is 2.03. The number of benzene rings is 1. The van der Waals surface area contributed by atoms with E-state index in [0.717, 1.165) is 11.1 Å². The number of hydrogen-bond acceptors (Lipinski definition) is 3. The maximum atomic E-state index is 8.89. The molecule has 1 rings (SSSR count). The predicted octanol–water partition coefficient (Wildman–Crippen LogP) is 1.03. The first-order valence-electron chi connectivity index (χ1n) is 5.43. The molecule has 3 heteroatoms. The van der Waals surface area contributed by atoms with E-state index in [1.54, 1.807) is 0 Å². The Bertz CT molecular complexity index is 318. The highest BCUT2D eigenvalue weighted by Crippen LogP contribution is 2.05. The van der Waals surface area contributed by atoms with Gasteiger partial charge in [-0.25, -0.2) is 0 Å². The third-order valence-electron chi connectivity index (χ3n) is 2.32. The Morgan fingerprint density at radius 1 is 1.25 bits per heavy atom. The summed E-state index contributed by atoms with van der Waals surface area (Å²) in [6.07, 6.45) is 2.08. The number of aliphatic hydroxyl groups is 2. The summed E-state index contributed by atoms with van der Waals surface area (Å²) in [5.74, 6) is 0. The second-order valence-corrected chi connectivity index (χ2v) is 3.84. The molecule has 0 fully saturated rings. The van der Waals surface area contributed by atoms with Crippen molar-refractivity contribution in [3.8, 4) is 0 Å². The molecule has 0 radical (unpaired) electrons. The van der Waals surface area contributed by atoms with Gasteiger partial charge in [0.05, 0.1) is 19.3 Å². The number of hydrogen-bond donors (Lipinski definition) is 3. The van der Waals surface area contributed by atoms with Crippen molar-refractivity contribution in [1.82, 2.24) is 5.32 Å². The van der Waals surface area contributed by atoms with Crippen LogP contribution >= 0.6 is 0 Å². The lowest BCUT2D eigenvalue weighted by molar-refractivity contribution is 0.173. The van der Waals surface area contributed by atoms with Crippen LogP contribution in [0.25, 0.3) is 6.08 Å². The topological polar surface area (TPSA) is 52.5 Å².